The van der Waals surface area contributed by atoms with Crippen molar-refractivity contribution in [2.24, 2.45) is 0 Å². The lowest BCUT2D eigenvalue weighted by Crippen LogP contribution is -2.28. The van der Waals surface area contributed by atoms with Crippen molar-refractivity contribution in [1.82, 2.24) is 0 Å². The molecule has 0 bridgehead atoms. The Labute approximate surface area is 78.5 Å². The molecule has 2 nitrogen and oxygen atoms in total. The van der Waals surface area contributed by atoms with Crippen LogP contribution in [0.3, 0.4) is 0 Å². The smallest absolute Gasteiger partial charge is 0.122 e. The second-order valence-electron chi connectivity index (χ2n) is 3.20. The maximum Gasteiger partial charge on any atom is 0.122 e. The maximum atomic E-state index is 5.56. The molecule has 0 fully saturated rings. The summed E-state index contributed by atoms with van der Waals surface area (Å²) < 4.78 is 11.1. The minimum absolute atomic E-state index is 0.236. The number of hydrogen-bond donors (Lipinski definition) is 0. The number of ether oxygens (including phenoxy) is 2. The van der Waals surface area contributed by atoms with Crippen molar-refractivity contribution >= 4 is 0 Å². The molecule has 0 unspecified atom stereocenters. The van der Waals surface area contributed by atoms with Crippen LogP contribution in [0.15, 0.2) is 24.3 Å². The van der Waals surface area contributed by atoms with Gasteiger partial charge in [-0.05, 0) is 18.6 Å². The summed E-state index contributed by atoms with van der Waals surface area (Å²) in [5.41, 5.74) is 1.26. The molecule has 0 radical (unpaired) electrons. The van der Waals surface area contributed by atoms with Gasteiger partial charge in [0.15, 0.2) is 0 Å². The molecule has 0 amide bonds. The first-order valence-electron chi connectivity index (χ1n) is 4.72. The Morgan fingerprint density at radius 2 is 2.31 bits per heavy atom. The van der Waals surface area contributed by atoms with E-state index in [0.29, 0.717) is 6.61 Å². The third-order valence-corrected chi connectivity index (χ3v) is 2.25. The summed E-state index contributed by atoms with van der Waals surface area (Å²) in [5.74, 6) is 1.01. The Balaban J connectivity index is 2.11. The second-order valence-corrected chi connectivity index (χ2v) is 3.20. The molecule has 0 saturated heterocycles. The molecule has 1 atom stereocenters. The Kier molecular flexibility index (Phi) is 2.50. The first-order valence-corrected chi connectivity index (χ1v) is 4.72. The van der Waals surface area contributed by atoms with Crippen LogP contribution in [-0.4, -0.2) is 19.3 Å². The van der Waals surface area contributed by atoms with E-state index in [1.165, 1.54) is 5.56 Å². The van der Waals surface area contributed by atoms with Crippen LogP contribution >= 0.6 is 0 Å². The van der Waals surface area contributed by atoms with Gasteiger partial charge in [0.05, 0.1) is 6.10 Å². The number of fused-ring (bicyclic) bond motifs is 1. The van der Waals surface area contributed by atoms with Crippen molar-refractivity contribution in [3.8, 4) is 5.75 Å². The highest BCUT2D eigenvalue weighted by Crippen LogP contribution is 2.24. The first-order chi connectivity index (χ1) is 6.40. The lowest BCUT2D eigenvalue weighted by molar-refractivity contribution is 0.0183. The highest BCUT2D eigenvalue weighted by Gasteiger charge is 2.18. The Hall–Kier alpha value is -1.02. The summed E-state index contributed by atoms with van der Waals surface area (Å²) in [6, 6.07) is 8.15. The summed E-state index contributed by atoms with van der Waals surface area (Å²) in [6.45, 7) is 3.46. The van der Waals surface area contributed by atoms with E-state index in [-0.39, 0.29) is 6.10 Å². The van der Waals surface area contributed by atoms with Crippen molar-refractivity contribution < 1.29 is 9.47 Å². The van der Waals surface area contributed by atoms with E-state index < -0.39 is 0 Å². The molecule has 2 heteroatoms. The number of hydrogen-bond acceptors (Lipinski definition) is 2. The van der Waals surface area contributed by atoms with E-state index in [1.807, 2.05) is 25.1 Å². The van der Waals surface area contributed by atoms with E-state index in [0.717, 1.165) is 18.8 Å². The van der Waals surface area contributed by atoms with Gasteiger partial charge in [-0.2, -0.15) is 0 Å². The van der Waals surface area contributed by atoms with Crippen LogP contribution in [0.1, 0.15) is 12.5 Å². The van der Waals surface area contributed by atoms with Crippen molar-refractivity contribution in [3.05, 3.63) is 29.8 Å². The minimum atomic E-state index is 0.236. The normalized spacial score (nSPS) is 20.5. The van der Waals surface area contributed by atoms with Gasteiger partial charge in [0.1, 0.15) is 12.4 Å². The van der Waals surface area contributed by atoms with E-state index in [1.54, 1.807) is 0 Å². The fourth-order valence-electron chi connectivity index (χ4n) is 1.64. The highest BCUT2D eigenvalue weighted by molar-refractivity contribution is 5.35. The van der Waals surface area contributed by atoms with E-state index >= 15 is 0 Å². The maximum absolute atomic E-state index is 5.56. The molecular formula is C11H14O2. The fourth-order valence-corrected chi connectivity index (χ4v) is 1.64. The Morgan fingerprint density at radius 1 is 1.46 bits per heavy atom. The molecule has 2 rings (SSSR count). The van der Waals surface area contributed by atoms with Crippen molar-refractivity contribution in [1.29, 1.82) is 0 Å². The largest absolute Gasteiger partial charge is 0.491 e. The summed E-state index contributed by atoms with van der Waals surface area (Å²) in [4.78, 5) is 0. The minimum Gasteiger partial charge on any atom is -0.491 e. The van der Waals surface area contributed by atoms with Crippen molar-refractivity contribution in [2.45, 2.75) is 19.4 Å². The molecule has 1 aliphatic heterocycles. The molecule has 0 saturated carbocycles. The molecule has 1 aromatic carbocycles. The summed E-state index contributed by atoms with van der Waals surface area (Å²) >= 11 is 0. The van der Waals surface area contributed by atoms with Gasteiger partial charge >= 0.3 is 0 Å². The van der Waals surface area contributed by atoms with E-state index in [4.69, 9.17) is 9.47 Å². The number of rotatable bonds is 2. The van der Waals surface area contributed by atoms with Gasteiger partial charge in [0.25, 0.3) is 0 Å². The number of para-hydroxylation sites is 1. The van der Waals surface area contributed by atoms with Crippen LogP contribution in [0.25, 0.3) is 0 Å². The Morgan fingerprint density at radius 3 is 3.15 bits per heavy atom. The van der Waals surface area contributed by atoms with E-state index in [9.17, 15) is 0 Å². The van der Waals surface area contributed by atoms with Crippen molar-refractivity contribution in [2.75, 3.05) is 13.2 Å². The summed E-state index contributed by atoms with van der Waals surface area (Å²) in [5, 5.41) is 0. The average molecular weight is 178 g/mol. The molecule has 0 aliphatic carbocycles. The zero-order valence-corrected chi connectivity index (χ0v) is 7.82. The lowest BCUT2D eigenvalue weighted by atomic mass is 10.0. The number of benzene rings is 1. The standard InChI is InChI=1S/C11H14O2/c1-2-12-10-7-9-5-3-4-6-11(9)13-8-10/h3-6,10H,2,7-8H2,1H3/t10-/m1/s1. The highest BCUT2D eigenvalue weighted by atomic mass is 16.5. The quantitative estimate of drug-likeness (QED) is 0.689. The zero-order chi connectivity index (χ0) is 9.10. The van der Waals surface area contributed by atoms with Crippen LogP contribution in [0.5, 0.6) is 5.75 Å². The van der Waals surface area contributed by atoms with Crippen LogP contribution in [0.2, 0.25) is 0 Å². The van der Waals surface area contributed by atoms with Gasteiger partial charge in [-0.25, -0.2) is 0 Å². The van der Waals surface area contributed by atoms with Crippen LogP contribution < -0.4 is 4.74 Å². The first kappa shape index (κ1) is 8.57. The average Bonchev–Trinajstić information content (AvgIpc) is 2.18. The predicted octanol–water partition coefficient (Wildman–Crippen LogP) is 2.03. The third kappa shape index (κ3) is 1.83. The van der Waals surface area contributed by atoms with Gasteiger partial charge in [0.2, 0.25) is 0 Å². The molecule has 1 aliphatic rings. The molecule has 1 heterocycles. The topological polar surface area (TPSA) is 18.5 Å². The summed E-state index contributed by atoms with van der Waals surface area (Å²) in [7, 11) is 0. The van der Waals surface area contributed by atoms with Gasteiger partial charge < -0.3 is 9.47 Å². The molecule has 70 valence electrons. The van der Waals surface area contributed by atoms with Crippen LogP contribution in [0, 0.1) is 0 Å². The van der Waals surface area contributed by atoms with Crippen molar-refractivity contribution in [3.63, 3.8) is 0 Å². The van der Waals surface area contributed by atoms with Crippen LogP contribution in [-0.2, 0) is 11.2 Å². The zero-order valence-electron chi connectivity index (χ0n) is 7.82. The molecular weight excluding hydrogens is 164 g/mol. The van der Waals surface area contributed by atoms with Crippen LogP contribution in [0.4, 0.5) is 0 Å². The fraction of sp³-hybridized carbons (Fsp3) is 0.455. The molecule has 13 heavy (non-hydrogen) atoms. The SMILES string of the molecule is CCO[C@H]1COc2ccccc2C1. The molecule has 0 N–H and O–H groups in total. The summed E-state index contributed by atoms with van der Waals surface area (Å²) in [6.07, 6.45) is 1.21. The Bertz CT molecular complexity index is 283. The molecule has 0 aromatic heterocycles. The monoisotopic (exact) mass is 178 g/mol. The molecule has 0 spiro atoms. The molecule has 1 aromatic rings. The van der Waals surface area contributed by atoms with Gasteiger partial charge in [-0.15, -0.1) is 0 Å². The predicted molar refractivity (Wildman–Crippen MR) is 51.1 cm³/mol. The van der Waals surface area contributed by atoms with E-state index in [2.05, 4.69) is 6.07 Å². The van der Waals surface area contributed by atoms with Gasteiger partial charge in [0, 0.05) is 13.0 Å². The van der Waals surface area contributed by atoms with Gasteiger partial charge in [-0.3, -0.25) is 0 Å². The third-order valence-electron chi connectivity index (χ3n) is 2.25. The van der Waals surface area contributed by atoms with Gasteiger partial charge in [-0.1, -0.05) is 18.2 Å². The second kappa shape index (κ2) is 3.79. The lowest BCUT2D eigenvalue weighted by Gasteiger charge is -2.24.